The average Bonchev–Trinajstić information content (AvgIpc) is 2.70. The molecular weight excluding hydrogens is 282 g/mol. The van der Waals surface area contributed by atoms with E-state index in [1.54, 1.807) is 11.8 Å². The maximum Gasteiger partial charge on any atom is 0.248 e. The Morgan fingerprint density at radius 1 is 1.23 bits per heavy atom. The van der Waals surface area contributed by atoms with Crippen molar-refractivity contribution in [1.29, 1.82) is 0 Å². The normalized spacial score (nSPS) is 21.0. The van der Waals surface area contributed by atoms with Crippen LogP contribution in [0, 0.1) is 0 Å². The molecule has 0 aromatic rings. The molecule has 126 valence electrons. The summed E-state index contributed by atoms with van der Waals surface area (Å²) in [4.78, 5) is 28.8. The minimum atomic E-state index is -1.17. The van der Waals surface area contributed by atoms with Gasteiger partial charge in [-0.2, -0.15) is 0 Å². The van der Waals surface area contributed by atoms with Crippen molar-refractivity contribution in [2.45, 2.75) is 38.3 Å². The van der Waals surface area contributed by atoms with E-state index in [0.29, 0.717) is 13.0 Å². The van der Waals surface area contributed by atoms with E-state index in [-0.39, 0.29) is 11.8 Å². The Balaban J connectivity index is 2.15. The molecule has 0 spiro atoms. The highest BCUT2D eigenvalue weighted by Gasteiger charge is 2.33. The summed E-state index contributed by atoms with van der Waals surface area (Å²) in [7, 11) is 5.81. The first-order chi connectivity index (χ1) is 10.2. The van der Waals surface area contributed by atoms with Crippen LogP contribution in [0.1, 0.15) is 32.6 Å². The second-order valence-corrected chi connectivity index (χ2v) is 6.35. The maximum atomic E-state index is 11.9. The molecule has 0 saturated carbocycles. The van der Waals surface area contributed by atoms with Crippen molar-refractivity contribution in [2.75, 3.05) is 40.8 Å². The molecule has 6 nitrogen and oxygen atoms in total. The Morgan fingerprint density at radius 3 is 2.45 bits per heavy atom. The molecule has 0 aromatic heterocycles. The number of hydrogen-bond donors (Lipinski definition) is 1. The quantitative estimate of drug-likeness (QED) is 0.636. The maximum absolute atomic E-state index is 11.9. The molecule has 22 heavy (non-hydrogen) atoms. The first-order valence-corrected chi connectivity index (χ1v) is 7.86. The van der Waals surface area contributed by atoms with E-state index in [4.69, 9.17) is 0 Å². The molecule has 1 aliphatic rings. The molecule has 1 N–H and O–H groups in total. The van der Waals surface area contributed by atoms with Gasteiger partial charge in [0.05, 0.1) is 0 Å². The molecular formula is C16H29N3O3. The van der Waals surface area contributed by atoms with Crippen LogP contribution in [-0.2, 0) is 9.59 Å². The van der Waals surface area contributed by atoms with Crippen molar-refractivity contribution in [3.8, 4) is 0 Å². The fourth-order valence-electron chi connectivity index (χ4n) is 2.36. The van der Waals surface area contributed by atoms with Gasteiger partial charge in [0.25, 0.3) is 0 Å². The Kier molecular flexibility index (Phi) is 7.03. The fraction of sp³-hybridized carbons (Fsp3) is 0.750. The SMILES string of the molecule is CN(C)CCN(C)C(=O)CCCCCN1C(=O)C=CC1(C)O. The third kappa shape index (κ3) is 5.77. The minimum Gasteiger partial charge on any atom is -0.367 e. The molecule has 0 saturated heterocycles. The highest BCUT2D eigenvalue weighted by Crippen LogP contribution is 2.21. The molecule has 0 radical (unpaired) electrons. The van der Waals surface area contributed by atoms with Gasteiger partial charge < -0.3 is 19.8 Å². The van der Waals surface area contributed by atoms with Crippen molar-refractivity contribution >= 4 is 11.8 Å². The summed E-state index contributed by atoms with van der Waals surface area (Å²) in [6, 6.07) is 0. The van der Waals surface area contributed by atoms with Crippen molar-refractivity contribution in [2.24, 2.45) is 0 Å². The summed E-state index contributed by atoms with van der Waals surface area (Å²) in [5.41, 5.74) is -1.17. The Labute approximate surface area is 133 Å². The van der Waals surface area contributed by atoms with Crippen LogP contribution in [0.25, 0.3) is 0 Å². The van der Waals surface area contributed by atoms with E-state index in [9.17, 15) is 14.7 Å². The number of nitrogens with zero attached hydrogens (tertiary/aromatic N) is 3. The van der Waals surface area contributed by atoms with Crippen LogP contribution >= 0.6 is 0 Å². The third-order valence-electron chi connectivity index (χ3n) is 3.93. The van der Waals surface area contributed by atoms with Gasteiger partial charge in [-0.05, 0) is 39.9 Å². The van der Waals surface area contributed by atoms with E-state index < -0.39 is 5.72 Å². The van der Waals surface area contributed by atoms with Crippen LogP contribution in [-0.4, -0.2) is 78.1 Å². The average molecular weight is 311 g/mol. The van der Waals surface area contributed by atoms with Gasteiger partial charge in [-0.1, -0.05) is 6.42 Å². The van der Waals surface area contributed by atoms with Crippen molar-refractivity contribution < 1.29 is 14.7 Å². The number of carbonyl (C=O) groups is 2. The molecule has 1 aliphatic heterocycles. The first kappa shape index (κ1) is 18.6. The predicted octanol–water partition coefficient (Wildman–Crippen LogP) is 0.674. The standard InChI is InChI=1S/C16H29N3O3/c1-16(22)10-9-15(21)19(16)11-7-5-6-8-14(20)18(4)13-12-17(2)3/h9-10,22H,5-8,11-13H2,1-4H3. The summed E-state index contributed by atoms with van der Waals surface area (Å²) >= 11 is 0. The molecule has 0 aliphatic carbocycles. The number of hydrogen-bond acceptors (Lipinski definition) is 4. The zero-order valence-corrected chi connectivity index (χ0v) is 14.2. The van der Waals surface area contributed by atoms with Crippen LogP contribution in [0.5, 0.6) is 0 Å². The molecule has 2 amide bonds. The summed E-state index contributed by atoms with van der Waals surface area (Å²) in [5, 5.41) is 10.00. The molecule has 0 fully saturated rings. The highest BCUT2D eigenvalue weighted by molar-refractivity contribution is 5.91. The topological polar surface area (TPSA) is 64.1 Å². The lowest BCUT2D eigenvalue weighted by Crippen LogP contribution is -2.44. The second kappa shape index (κ2) is 8.29. The van der Waals surface area contributed by atoms with Crippen LogP contribution in [0.3, 0.4) is 0 Å². The Hall–Kier alpha value is -1.40. The van der Waals surface area contributed by atoms with Gasteiger partial charge in [-0.25, -0.2) is 0 Å². The summed E-state index contributed by atoms with van der Waals surface area (Å²) in [5.74, 6) is 0.0113. The number of aliphatic hydroxyl groups is 1. The van der Waals surface area contributed by atoms with Crippen LogP contribution in [0.4, 0.5) is 0 Å². The zero-order valence-electron chi connectivity index (χ0n) is 14.2. The lowest BCUT2D eigenvalue weighted by atomic mass is 10.1. The van der Waals surface area contributed by atoms with Gasteiger partial charge in [0.2, 0.25) is 11.8 Å². The predicted molar refractivity (Wildman–Crippen MR) is 86.1 cm³/mol. The molecule has 6 heteroatoms. The van der Waals surface area contributed by atoms with Gasteiger partial charge in [0, 0.05) is 39.2 Å². The summed E-state index contributed by atoms with van der Waals surface area (Å²) < 4.78 is 0. The summed E-state index contributed by atoms with van der Waals surface area (Å²) in [6.07, 6.45) is 5.92. The largest absolute Gasteiger partial charge is 0.367 e. The number of unbranched alkanes of at least 4 members (excludes halogenated alkanes) is 2. The van der Waals surface area contributed by atoms with Crippen molar-refractivity contribution in [1.82, 2.24) is 14.7 Å². The fourth-order valence-corrected chi connectivity index (χ4v) is 2.36. The molecule has 1 unspecified atom stereocenters. The first-order valence-electron chi connectivity index (χ1n) is 7.86. The van der Waals surface area contributed by atoms with E-state index >= 15 is 0 Å². The van der Waals surface area contributed by atoms with E-state index in [2.05, 4.69) is 4.90 Å². The number of likely N-dealkylation sites (N-methyl/N-ethyl adjacent to an activating group) is 2. The third-order valence-corrected chi connectivity index (χ3v) is 3.93. The van der Waals surface area contributed by atoms with Gasteiger partial charge in [-0.15, -0.1) is 0 Å². The second-order valence-electron chi connectivity index (χ2n) is 6.35. The van der Waals surface area contributed by atoms with Gasteiger partial charge in [0.15, 0.2) is 5.72 Å². The molecule has 0 aromatic carbocycles. The van der Waals surface area contributed by atoms with Crippen LogP contribution in [0.2, 0.25) is 0 Å². The number of carbonyl (C=O) groups excluding carboxylic acids is 2. The van der Waals surface area contributed by atoms with Crippen molar-refractivity contribution in [3.05, 3.63) is 12.2 Å². The molecule has 1 rings (SSSR count). The van der Waals surface area contributed by atoms with Crippen LogP contribution in [0.15, 0.2) is 12.2 Å². The minimum absolute atomic E-state index is 0.149. The monoisotopic (exact) mass is 311 g/mol. The number of rotatable bonds is 9. The zero-order chi connectivity index (χ0) is 16.8. The Morgan fingerprint density at radius 2 is 1.91 bits per heavy atom. The molecule has 0 bridgehead atoms. The lowest BCUT2D eigenvalue weighted by molar-refractivity contribution is -0.139. The van der Waals surface area contributed by atoms with E-state index in [0.717, 1.165) is 32.4 Å². The smallest absolute Gasteiger partial charge is 0.248 e. The van der Waals surface area contributed by atoms with Gasteiger partial charge in [0.1, 0.15) is 0 Å². The van der Waals surface area contributed by atoms with E-state index in [1.807, 2.05) is 21.1 Å². The lowest BCUT2D eigenvalue weighted by Gasteiger charge is -2.29. The Bertz CT molecular complexity index is 419. The van der Waals surface area contributed by atoms with Crippen LogP contribution < -0.4 is 0 Å². The number of amides is 2. The van der Waals surface area contributed by atoms with Gasteiger partial charge >= 0.3 is 0 Å². The van der Waals surface area contributed by atoms with Crippen molar-refractivity contribution in [3.63, 3.8) is 0 Å². The molecule has 1 atom stereocenters. The summed E-state index contributed by atoms with van der Waals surface area (Å²) in [6.45, 7) is 3.73. The highest BCUT2D eigenvalue weighted by atomic mass is 16.3. The molecule has 1 heterocycles. The van der Waals surface area contributed by atoms with Gasteiger partial charge in [-0.3, -0.25) is 9.59 Å². The van der Waals surface area contributed by atoms with E-state index in [1.165, 1.54) is 17.1 Å².